The van der Waals surface area contributed by atoms with Gasteiger partial charge in [0.1, 0.15) is 5.75 Å². The van der Waals surface area contributed by atoms with Crippen molar-refractivity contribution in [1.29, 1.82) is 0 Å². The molecule has 0 bridgehead atoms. The third-order valence-electron chi connectivity index (χ3n) is 2.15. The van der Waals surface area contributed by atoms with Crippen LogP contribution in [0.5, 0.6) is 5.75 Å². The Morgan fingerprint density at radius 1 is 1.27 bits per heavy atom. The highest BCUT2D eigenvalue weighted by Crippen LogP contribution is 2.18. The lowest BCUT2D eigenvalue weighted by atomic mass is 10.2. The molecule has 3 heteroatoms. The van der Waals surface area contributed by atoms with Crippen molar-refractivity contribution in [3.05, 3.63) is 36.5 Å². The third-order valence-corrected chi connectivity index (χ3v) is 2.15. The average molecular weight is 203 g/mol. The smallest absolute Gasteiger partial charge is 0.120 e. The van der Waals surface area contributed by atoms with Crippen LogP contribution in [0.2, 0.25) is 0 Å². The van der Waals surface area contributed by atoms with Gasteiger partial charge < -0.3 is 9.84 Å². The van der Waals surface area contributed by atoms with Gasteiger partial charge in [-0.15, -0.1) is 0 Å². The summed E-state index contributed by atoms with van der Waals surface area (Å²) in [7, 11) is 0. The Labute approximate surface area is 88.3 Å². The number of hydrogen-bond acceptors (Lipinski definition) is 3. The summed E-state index contributed by atoms with van der Waals surface area (Å²) in [5.74, 6) is 0.823. The fraction of sp³-hybridized carbons (Fsp3) is 0.250. The molecule has 0 radical (unpaired) electrons. The minimum atomic E-state index is 0.162. The first-order valence-corrected chi connectivity index (χ1v) is 4.98. The molecular formula is C12H13NO2. The van der Waals surface area contributed by atoms with Crippen molar-refractivity contribution in [1.82, 2.24) is 4.98 Å². The van der Waals surface area contributed by atoms with Crippen LogP contribution >= 0.6 is 0 Å². The fourth-order valence-corrected chi connectivity index (χ4v) is 1.40. The first-order valence-electron chi connectivity index (χ1n) is 4.98. The molecule has 0 saturated carbocycles. The monoisotopic (exact) mass is 203 g/mol. The quantitative estimate of drug-likeness (QED) is 0.773. The van der Waals surface area contributed by atoms with Crippen LogP contribution < -0.4 is 4.74 Å². The van der Waals surface area contributed by atoms with Gasteiger partial charge in [-0.1, -0.05) is 6.07 Å². The van der Waals surface area contributed by atoms with Crippen LogP contribution in [-0.4, -0.2) is 23.3 Å². The van der Waals surface area contributed by atoms with E-state index in [4.69, 9.17) is 9.84 Å². The van der Waals surface area contributed by atoms with Gasteiger partial charge in [0, 0.05) is 24.6 Å². The van der Waals surface area contributed by atoms with E-state index in [0.29, 0.717) is 13.0 Å². The first-order chi connectivity index (χ1) is 7.40. The van der Waals surface area contributed by atoms with E-state index >= 15 is 0 Å². The van der Waals surface area contributed by atoms with Gasteiger partial charge in [-0.3, -0.25) is 4.98 Å². The van der Waals surface area contributed by atoms with Crippen molar-refractivity contribution < 1.29 is 9.84 Å². The van der Waals surface area contributed by atoms with E-state index in [1.54, 1.807) is 6.20 Å². The number of fused-ring (bicyclic) bond motifs is 1. The Bertz CT molecular complexity index is 442. The predicted molar refractivity (Wildman–Crippen MR) is 58.9 cm³/mol. The summed E-state index contributed by atoms with van der Waals surface area (Å²) < 4.78 is 5.47. The number of rotatable bonds is 4. The highest BCUT2D eigenvalue weighted by atomic mass is 16.5. The Morgan fingerprint density at radius 3 is 3.07 bits per heavy atom. The summed E-state index contributed by atoms with van der Waals surface area (Å²) in [5.41, 5.74) is 0.965. The molecule has 2 aromatic rings. The number of hydrogen-bond donors (Lipinski definition) is 1. The molecule has 0 aliphatic heterocycles. The molecule has 0 spiro atoms. The van der Waals surface area contributed by atoms with Gasteiger partial charge in [-0.05, 0) is 24.3 Å². The Hall–Kier alpha value is -1.61. The molecule has 0 atom stereocenters. The van der Waals surface area contributed by atoms with E-state index in [1.807, 2.05) is 30.3 Å². The number of nitrogens with zero attached hydrogens (tertiary/aromatic N) is 1. The lowest BCUT2D eigenvalue weighted by Crippen LogP contribution is -1.99. The minimum absolute atomic E-state index is 0.162. The van der Waals surface area contributed by atoms with Crippen molar-refractivity contribution in [3.63, 3.8) is 0 Å². The van der Waals surface area contributed by atoms with Crippen LogP contribution in [-0.2, 0) is 0 Å². The summed E-state index contributed by atoms with van der Waals surface area (Å²) in [6, 6.07) is 9.69. The zero-order valence-electron chi connectivity index (χ0n) is 8.39. The van der Waals surface area contributed by atoms with Crippen molar-refractivity contribution in [3.8, 4) is 5.75 Å². The van der Waals surface area contributed by atoms with Gasteiger partial charge >= 0.3 is 0 Å². The fourth-order valence-electron chi connectivity index (χ4n) is 1.40. The van der Waals surface area contributed by atoms with Gasteiger partial charge in [0.05, 0.1) is 12.1 Å². The topological polar surface area (TPSA) is 42.4 Å². The normalized spacial score (nSPS) is 10.5. The maximum Gasteiger partial charge on any atom is 0.120 e. The zero-order chi connectivity index (χ0) is 10.5. The molecule has 78 valence electrons. The molecular weight excluding hydrogens is 190 g/mol. The zero-order valence-corrected chi connectivity index (χ0v) is 8.39. The summed E-state index contributed by atoms with van der Waals surface area (Å²) in [5, 5.41) is 9.69. The highest BCUT2D eigenvalue weighted by Gasteiger charge is 1.97. The second kappa shape index (κ2) is 4.75. The van der Waals surface area contributed by atoms with Gasteiger partial charge in [0.15, 0.2) is 0 Å². The van der Waals surface area contributed by atoms with E-state index in [1.165, 1.54) is 0 Å². The molecule has 0 unspecified atom stereocenters. The van der Waals surface area contributed by atoms with E-state index in [9.17, 15) is 0 Å². The van der Waals surface area contributed by atoms with Crippen LogP contribution in [0, 0.1) is 0 Å². The number of aromatic nitrogens is 1. The van der Waals surface area contributed by atoms with E-state index in [2.05, 4.69) is 4.98 Å². The third kappa shape index (κ3) is 2.44. The molecule has 0 aliphatic rings. The van der Waals surface area contributed by atoms with Gasteiger partial charge in [0.2, 0.25) is 0 Å². The maximum absolute atomic E-state index is 8.63. The molecule has 2 rings (SSSR count). The lowest BCUT2D eigenvalue weighted by Gasteiger charge is -2.05. The van der Waals surface area contributed by atoms with E-state index in [0.717, 1.165) is 16.7 Å². The molecule has 0 aliphatic carbocycles. The summed E-state index contributed by atoms with van der Waals surface area (Å²) in [6.45, 7) is 0.706. The average Bonchev–Trinajstić information content (AvgIpc) is 2.29. The van der Waals surface area contributed by atoms with Crippen LogP contribution in [0.4, 0.5) is 0 Å². The van der Waals surface area contributed by atoms with E-state index < -0.39 is 0 Å². The predicted octanol–water partition coefficient (Wildman–Crippen LogP) is 2.00. The lowest BCUT2D eigenvalue weighted by molar-refractivity contribution is 0.234. The second-order valence-corrected chi connectivity index (χ2v) is 3.28. The van der Waals surface area contributed by atoms with Crippen LogP contribution in [0.15, 0.2) is 36.5 Å². The van der Waals surface area contributed by atoms with Crippen LogP contribution in [0.3, 0.4) is 0 Å². The number of pyridine rings is 1. The molecule has 3 nitrogen and oxygen atoms in total. The number of aliphatic hydroxyl groups is 1. The summed E-state index contributed by atoms with van der Waals surface area (Å²) >= 11 is 0. The summed E-state index contributed by atoms with van der Waals surface area (Å²) in [4.78, 5) is 4.22. The number of aliphatic hydroxyl groups excluding tert-OH is 1. The molecule has 0 saturated heterocycles. The first kappa shape index (κ1) is 9.93. The molecule has 0 amide bonds. The van der Waals surface area contributed by atoms with Gasteiger partial charge in [-0.2, -0.15) is 0 Å². The Morgan fingerprint density at radius 2 is 2.20 bits per heavy atom. The van der Waals surface area contributed by atoms with Crippen molar-refractivity contribution in [2.24, 2.45) is 0 Å². The Balaban J connectivity index is 2.16. The molecule has 1 aromatic heterocycles. The molecule has 0 fully saturated rings. The van der Waals surface area contributed by atoms with Crippen molar-refractivity contribution in [2.45, 2.75) is 6.42 Å². The molecule has 15 heavy (non-hydrogen) atoms. The van der Waals surface area contributed by atoms with Crippen LogP contribution in [0.25, 0.3) is 10.9 Å². The molecule has 1 aromatic carbocycles. The van der Waals surface area contributed by atoms with E-state index in [-0.39, 0.29) is 6.61 Å². The van der Waals surface area contributed by atoms with Crippen molar-refractivity contribution >= 4 is 10.9 Å². The minimum Gasteiger partial charge on any atom is -0.493 e. The SMILES string of the molecule is OCCCOc1ccc2ncccc2c1. The maximum atomic E-state index is 8.63. The second-order valence-electron chi connectivity index (χ2n) is 3.28. The van der Waals surface area contributed by atoms with Gasteiger partial charge in [-0.25, -0.2) is 0 Å². The highest BCUT2D eigenvalue weighted by molar-refractivity contribution is 5.79. The van der Waals surface area contributed by atoms with Gasteiger partial charge in [0.25, 0.3) is 0 Å². The number of ether oxygens (including phenoxy) is 1. The number of benzene rings is 1. The van der Waals surface area contributed by atoms with Crippen molar-refractivity contribution in [2.75, 3.05) is 13.2 Å². The standard InChI is InChI=1S/C12H13NO2/c14-7-2-8-15-11-4-5-12-10(9-11)3-1-6-13-12/h1,3-6,9,14H,2,7-8H2. The summed E-state index contributed by atoms with van der Waals surface area (Å²) in [6.07, 6.45) is 2.43. The largest absolute Gasteiger partial charge is 0.493 e. The molecule has 1 heterocycles. The Kier molecular flexibility index (Phi) is 3.15. The van der Waals surface area contributed by atoms with Crippen LogP contribution in [0.1, 0.15) is 6.42 Å². The molecule has 1 N–H and O–H groups in total.